The predicted molar refractivity (Wildman–Crippen MR) is 130 cm³/mol. The van der Waals surface area contributed by atoms with Gasteiger partial charge >= 0.3 is 18.3 Å². The van der Waals surface area contributed by atoms with Crippen molar-refractivity contribution in [3.63, 3.8) is 0 Å². The minimum absolute atomic E-state index is 0.0486. The normalized spacial score (nSPS) is 13.4. The molecular weight excluding hydrogens is 570 g/mol. The van der Waals surface area contributed by atoms with Crippen LogP contribution in [0.2, 0.25) is 0 Å². The molecule has 7 nitrogen and oxygen atoms in total. The van der Waals surface area contributed by atoms with Crippen LogP contribution in [0.15, 0.2) is 66.7 Å². The van der Waals surface area contributed by atoms with Gasteiger partial charge in [0.05, 0.1) is 12.2 Å². The Labute approximate surface area is 224 Å². The predicted octanol–water partition coefficient (Wildman–Crippen LogP) is 5.94. The maximum atomic E-state index is 12.9. The molecule has 0 aliphatic heterocycles. The topological polar surface area (TPSA) is 116 Å². The van der Waals surface area contributed by atoms with E-state index in [1.165, 1.54) is 30.3 Å². The van der Waals surface area contributed by atoms with Gasteiger partial charge in [-0.2, -0.15) is 26.3 Å². The molecule has 0 spiro atoms. The highest BCUT2D eigenvalue weighted by atomic mass is 32.2. The lowest BCUT2D eigenvalue weighted by Crippen LogP contribution is -2.57. The molecule has 4 aromatic rings. The van der Waals surface area contributed by atoms with Crippen molar-refractivity contribution in [1.82, 2.24) is 0 Å². The average molecular weight is 587 g/mol. The molecule has 0 saturated heterocycles. The first-order valence-corrected chi connectivity index (χ1v) is 12.2. The summed E-state index contributed by atoms with van der Waals surface area (Å²) in [7, 11) is 0. The summed E-state index contributed by atoms with van der Waals surface area (Å²) in [6.07, 6.45) is -14.1. The number of carbonyl (C=O) groups is 1. The lowest BCUT2D eigenvalue weighted by Gasteiger charge is -2.32. The molecule has 4 rings (SSSR count). The van der Waals surface area contributed by atoms with E-state index < -0.39 is 48.3 Å². The first-order valence-electron chi connectivity index (χ1n) is 11.2. The van der Waals surface area contributed by atoms with Crippen molar-refractivity contribution in [2.24, 2.45) is 0 Å². The van der Waals surface area contributed by atoms with Gasteiger partial charge in [-0.05, 0) is 46.2 Å². The molecule has 0 bridgehead atoms. The SMILES string of the molecule is O=C(OCCC(O)(C(F)(F)F)C(F)(F)F)c1ccc(-c2cccc3c(OS(=O)[O-])cccc23)c2ccc(O)cc12. The van der Waals surface area contributed by atoms with Gasteiger partial charge < -0.3 is 23.7 Å². The number of hydrogen-bond acceptors (Lipinski definition) is 7. The molecule has 1 atom stereocenters. The Kier molecular flexibility index (Phi) is 7.71. The van der Waals surface area contributed by atoms with Gasteiger partial charge in [-0.15, -0.1) is 0 Å². The van der Waals surface area contributed by atoms with Crippen LogP contribution in [0, 0.1) is 0 Å². The van der Waals surface area contributed by atoms with Crippen LogP contribution in [0.3, 0.4) is 0 Å². The summed E-state index contributed by atoms with van der Waals surface area (Å²) in [5.74, 6) is -1.54. The van der Waals surface area contributed by atoms with Crippen LogP contribution in [0.4, 0.5) is 26.3 Å². The van der Waals surface area contributed by atoms with Crippen LogP contribution < -0.4 is 4.18 Å². The fourth-order valence-electron chi connectivity index (χ4n) is 4.22. The van der Waals surface area contributed by atoms with Crippen molar-refractivity contribution in [3.05, 3.63) is 72.3 Å². The first-order chi connectivity index (χ1) is 18.6. The summed E-state index contributed by atoms with van der Waals surface area (Å²) in [6, 6.07) is 16.2. The van der Waals surface area contributed by atoms with Crippen LogP contribution in [0.1, 0.15) is 16.8 Å². The molecule has 0 radical (unpaired) electrons. The van der Waals surface area contributed by atoms with E-state index in [1.54, 1.807) is 30.3 Å². The van der Waals surface area contributed by atoms with E-state index >= 15 is 0 Å². The molecule has 4 aromatic carbocycles. The number of carbonyl (C=O) groups excluding carboxylic acids is 1. The number of rotatable bonds is 7. The van der Waals surface area contributed by atoms with Gasteiger partial charge in [0, 0.05) is 17.2 Å². The third-order valence-electron chi connectivity index (χ3n) is 6.19. The maximum Gasteiger partial charge on any atom is 0.426 e. The Morgan fingerprint density at radius 2 is 1.43 bits per heavy atom. The highest BCUT2D eigenvalue weighted by Gasteiger charge is 2.70. The molecule has 0 aliphatic rings. The van der Waals surface area contributed by atoms with Crippen LogP contribution in [0.5, 0.6) is 11.5 Å². The van der Waals surface area contributed by atoms with E-state index in [-0.39, 0.29) is 22.4 Å². The average Bonchev–Trinajstić information content (AvgIpc) is 2.86. The van der Waals surface area contributed by atoms with Crippen LogP contribution >= 0.6 is 0 Å². The summed E-state index contributed by atoms with van der Waals surface area (Å²) in [5, 5.41) is 20.7. The highest BCUT2D eigenvalue weighted by molar-refractivity contribution is 7.74. The lowest BCUT2D eigenvalue weighted by atomic mass is 9.91. The minimum atomic E-state index is -6.07. The number of aromatic hydroxyl groups is 1. The first kappa shape index (κ1) is 29.1. The van der Waals surface area contributed by atoms with Gasteiger partial charge in [-0.1, -0.05) is 42.5 Å². The monoisotopic (exact) mass is 587 g/mol. The second-order valence-electron chi connectivity index (χ2n) is 8.58. The summed E-state index contributed by atoms with van der Waals surface area (Å²) >= 11 is -2.85. The molecule has 0 aromatic heterocycles. The van der Waals surface area contributed by atoms with Crippen molar-refractivity contribution in [3.8, 4) is 22.6 Å². The Balaban J connectivity index is 1.73. The third kappa shape index (κ3) is 5.42. The van der Waals surface area contributed by atoms with E-state index in [0.29, 0.717) is 27.3 Å². The number of aliphatic hydroxyl groups is 1. The second-order valence-corrected chi connectivity index (χ2v) is 9.15. The standard InChI is InChI=1S/C26H18F6O7S/c27-25(28,29)24(35,26(30,31)32)11-12-38-23(34)20-10-9-17(18-8-7-14(33)13-21(18)20)15-3-1-5-19-16(15)4-2-6-22(19)39-40(36)37/h1-10,13,33,35H,11-12H2,(H,36,37)/p-1. The zero-order valence-corrected chi connectivity index (χ0v) is 20.7. The van der Waals surface area contributed by atoms with Gasteiger partial charge in [0.25, 0.3) is 5.60 Å². The molecule has 0 fully saturated rings. The number of benzene rings is 4. The van der Waals surface area contributed by atoms with Gasteiger partial charge in [0.1, 0.15) is 22.9 Å². The Morgan fingerprint density at radius 3 is 2.08 bits per heavy atom. The molecule has 0 heterocycles. The maximum absolute atomic E-state index is 12.9. The van der Waals surface area contributed by atoms with Crippen LogP contribution in [-0.2, 0) is 16.1 Å². The molecule has 2 N–H and O–H groups in total. The Hall–Kier alpha value is -3.88. The van der Waals surface area contributed by atoms with Gasteiger partial charge in [0.2, 0.25) is 0 Å². The van der Waals surface area contributed by atoms with E-state index in [4.69, 9.17) is 4.18 Å². The summed E-state index contributed by atoms with van der Waals surface area (Å²) in [5.41, 5.74) is -4.32. The number of fused-ring (bicyclic) bond motifs is 2. The van der Waals surface area contributed by atoms with Crippen molar-refractivity contribution >= 4 is 38.9 Å². The molecule has 0 saturated carbocycles. The fraction of sp³-hybridized carbons (Fsp3) is 0.192. The van der Waals surface area contributed by atoms with Crippen molar-refractivity contribution in [2.45, 2.75) is 24.4 Å². The molecule has 212 valence electrons. The molecule has 14 heteroatoms. The molecule has 0 aliphatic carbocycles. The second kappa shape index (κ2) is 10.6. The number of ether oxygens (including phenoxy) is 1. The zero-order valence-electron chi connectivity index (χ0n) is 19.9. The third-order valence-corrected chi connectivity index (χ3v) is 6.50. The molecule has 1 unspecified atom stereocenters. The van der Waals surface area contributed by atoms with Gasteiger partial charge in [-0.25, -0.2) is 9.00 Å². The van der Waals surface area contributed by atoms with Crippen LogP contribution in [-0.4, -0.2) is 49.5 Å². The number of phenolic OH excluding ortho intramolecular Hbond substituents is 1. The Morgan fingerprint density at radius 1 is 0.825 bits per heavy atom. The molecule has 0 amide bonds. The highest BCUT2D eigenvalue weighted by Crippen LogP contribution is 2.45. The van der Waals surface area contributed by atoms with Crippen molar-refractivity contribution in [2.75, 3.05) is 6.61 Å². The summed E-state index contributed by atoms with van der Waals surface area (Å²) < 4.78 is 109. The largest absolute Gasteiger partial charge is 0.740 e. The molecular formula is C26H17F6O7S-. The summed E-state index contributed by atoms with van der Waals surface area (Å²) in [4.78, 5) is 12.7. The molecule has 40 heavy (non-hydrogen) atoms. The lowest BCUT2D eigenvalue weighted by molar-refractivity contribution is -0.371. The van der Waals surface area contributed by atoms with Gasteiger partial charge in [0.15, 0.2) is 0 Å². The van der Waals surface area contributed by atoms with E-state index in [0.717, 1.165) is 6.07 Å². The number of phenols is 1. The van der Waals surface area contributed by atoms with Crippen molar-refractivity contribution < 1.29 is 59.0 Å². The minimum Gasteiger partial charge on any atom is -0.740 e. The van der Waals surface area contributed by atoms with E-state index in [9.17, 15) is 50.1 Å². The quantitative estimate of drug-likeness (QED) is 0.156. The van der Waals surface area contributed by atoms with E-state index in [1.807, 2.05) is 0 Å². The zero-order chi connectivity index (χ0) is 29.5. The van der Waals surface area contributed by atoms with Crippen LogP contribution in [0.25, 0.3) is 32.7 Å². The number of hydrogen-bond donors (Lipinski definition) is 2. The smallest absolute Gasteiger partial charge is 0.426 e. The van der Waals surface area contributed by atoms with E-state index in [2.05, 4.69) is 4.74 Å². The summed E-state index contributed by atoms with van der Waals surface area (Å²) in [6.45, 7) is -1.41. The van der Waals surface area contributed by atoms with Crippen molar-refractivity contribution in [1.29, 1.82) is 0 Å². The number of esters is 1. The number of alkyl halides is 6. The Bertz CT molecular complexity index is 1600. The fourth-order valence-corrected chi connectivity index (χ4v) is 4.52. The van der Waals surface area contributed by atoms with Gasteiger partial charge in [-0.3, -0.25) is 0 Å². The number of halogens is 6.